The van der Waals surface area contributed by atoms with E-state index in [0.29, 0.717) is 28.5 Å². The summed E-state index contributed by atoms with van der Waals surface area (Å²) in [5, 5.41) is 12.6. The van der Waals surface area contributed by atoms with Crippen LogP contribution >= 0.6 is 11.6 Å². The van der Waals surface area contributed by atoms with E-state index in [1.54, 1.807) is 12.1 Å². The van der Waals surface area contributed by atoms with Crippen molar-refractivity contribution < 1.29 is 14.7 Å². The van der Waals surface area contributed by atoms with Crippen molar-refractivity contribution in [3.63, 3.8) is 0 Å². The number of hydrogen-bond acceptors (Lipinski definition) is 2. The normalized spacial score (nSPS) is 34.4. The fourth-order valence-electron chi connectivity index (χ4n) is 5.45. The average Bonchev–Trinajstić information content (AvgIpc) is 2.47. The predicted octanol–water partition coefficient (Wildman–Crippen LogP) is 4.19. The van der Waals surface area contributed by atoms with E-state index in [1.165, 1.54) is 25.3 Å². The Morgan fingerprint density at radius 1 is 1.09 bits per heavy atom. The topological polar surface area (TPSA) is 66.4 Å². The molecule has 4 fully saturated rings. The van der Waals surface area contributed by atoms with Crippen LogP contribution in [0.5, 0.6) is 0 Å². The first-order chi connectivity index (χ1) is 10.9. The number of carboxylic acid groups (broad SMARTS) is 1. The summed E-state index contributed by atoms with van der Waals surface area (Å²) in [6.07, 6.45) is 6.69. The maximum atomic E-state index is 13.0. The molecule has 0 heterocycles. The molecule has 23 heavy (non-hydrogen) atoms. The van der Waals surface area contributed by atoms with E-state index in [9.17, 15) is 14.7 Å². The zero-order valence-corrected chi connectivity index (χ0v) is 13.6. The molecule has 5 heteroatoms. The lowest BCUT2D eigenvalue weighted by molar-refractivity contribution is -0.140. The van der Waals surface area contributed by atoms with E-state index >= 15 is 0 Å². The summed E-state index contributed by atoms with van der Waals surface area (Å²) < 4.78 is 0. The quantitative estimate of drug-likeness (QED) is 0.871. The maximum Gasteiger partial charge on any atom is 0.337 e. The third-order valence-corrected chi connectivity index (χ3v) is 6.22. The molecule has 0 aliphatic heterocycles. The van der Waals surface area contributed by atoms with Gasteiger partial charge >= 0.3 is 5.97 Å². The third-order valence-electron chi connectivity index (χ3n) is 5.98. The van der Waals surface area contributed by atoms with Crippen LogP contribution in [0.4, 0.5) is 5.69 Å². The van der Waals surface area contributed by atoms with Crippen LogP contribution in [0.1, 0.15) is 48.9 Å². The fraction of sp³-hybridized carbons (Fsp3) is 0.556. The molecule has 0 aromatic heterocycles. The second-order valence-electron chi connectivity index (χ2n) is 7.65. The summed E-state index contributed by atoms with van der Waals surface area (Å²) in [6.45, 7) is 0. The number of anilines is 1. The summed E-state index contributed by atoms with van der Waals surface area (Å²) in [6, 6.07) is 4.59. The number of hydrogen-bond donors (Lipinski definition) is 2. The van der Waals surface area contributed by atoms with Crippen LogP contribution in [0, 0.1) is 23.2 Å². The lowest BCUT2D eigenvalue weighted by atomic mass is 9.49. The Hall–Kier alpha value is -1.55. The molecule has 4 nitrogen and oxygen atoms in total. The minimum atomic E-state index is -1.08. The van der Waals surface area contributed by atoms with Gasteiger partial charge in [-0.15, -0.1) is 0 Å². The summed E-state index contributed by atoms with van der Waals surface area (Å²) in [7, 11) is 0. The van der Waals surface area contributed by atoms with Crippen molar-refractivity contribution in [2.75, 3.05) is 5.32 Å². The Balaban J connectivity index is 1.60. The second-order valence-corrected chi connectivity index (χ2v) is 8.08. The number of amides is 1. The monoisotopic (exact) mass is 333 g/mol. The minimum absolute atomic E-state index is 0.00132. The lowest BCUT2D eigenvalue weighted by Crippen LogP contribution is -2.51. The first-order valence-electron chi connectivity index (χ1n) is 8.29. The van der Waals surface area contributed by atoms with Gasteiger partial charge in [0.2, 0.25) is 5.91 Å². The molecule has 0 unspecified atom stereocenters. The molecule has 1 aromatic rings. The van der Waals surface area contributed by atoms with E-state index in [1.807, 2.05) is 0 Å². The van der Waals surface area contributed by atoms with E-state index in [2.05, 4.69) is 5.32 Å². The summed E-state index contributed by atoms with van der Waals surface area (Å²) in [5.74, 6) is 0.957. The number of carbonyl (C=O) groups excluding carboxylic acids is 1. The van der Waals surface area contributed by atoms with E-state index in [-0.39, 0.29) is 16.9 Å². The van der Waals surface area contributed by atoms with Crippen LogP contribution < -0.4 is 5.32 Å². The molecule has 4 aliphatic rings. The molecule has 4 bridgehead atoms. The van der Waals surface area contributed by atoms with Gasteiger partial charge in [-0.1, -0.05) is 11.6 Å². The Morgan fingerprint density at radius 2 is 1.65 bits per heavy atom. The summed E-state index contributed by atoms with van der Waals surface area (Å²) >= 11 is 5.88. The molecular formula is C18H20ClNO3. The van der Waals surface area contributed by atoms with E-state index in [0.717, 1.165) is 19.3 Å². The molecule has 0 atom stereocenters. The Bertz CT molecular complexity index is 650. The first kappa shape index (κ1) is 15.0. The van der Waals surface area contributed by atoms with Crippen LogP contribution in [0.15, 0.2) is 18.2 Å². The molecule has 5 rings (SSSR count). The molecule has 4 saturated carbocycles. The van der Waals surface area contributed by atoms with Gasteiger partial charge < -0.3 is 10.4 Å². The van der Waals surface area contributed by atoms with Crippen molar-refractivity contribution in [3.05, 3.63) is 28.8 Å². The molecule has 0 radical (unpaired) electrons. The zero-order valence-electron chi connectivity index (χ0n) is 12.8. The average molecular weight is 334 g/mol. The van der Waals surface area contributed by atoms with Gasteiger partial charge in [-0.2, -0.15) is 0 Å². The van der Waals surface area contributed by atoms with Gasteiger partial charge in [0.15, 0.2) is 0 Å². The van der Waals surface area contributed by atoms with Crippen LogP contribution in [0.25, 0.3) is 0 Å². The van der Waals surface area contributed by atoms with E-state index in [4.69, 9.17) is 11.6 Å². The molecule has 1 aromatic carbocycles. The van der Waals surface area contributed by atoms with Crippen molar-refractivity contribution in [2.24, 2.45) is 23.2 Å². The molecule has 4 aliphatic carbocycles. The van der Waals surface area contributed by atoms with Gasteiger partial charge in [-0.25, -0.2) is 4.79 Å². The highest BCUT2D eigenvalue weighted by atomic mass is 35.5. The smallest absolute Gasteiger partial charge is 0.337 e. The molecule has 122 valence electrons. The molecule has 1 amide bonds. The highest BCUT2D eigenvalue weighted by molar-refractivity contribution is 6.31. The standard InChI is InChI=1S/C18H20ClNO3/c19-13-1-2-15(14(6-13)16(21)22)20-17(23)18-7-10-3-11(8-18)5-12(4-10)9-18/h1-2,6,10-12H,3-5,7-9H2,(H,20,23)(H,21,22). The second kappa shape index (κ2) is 5.23. The van der Waals surface area contributed by atoms with Crippen molar-refractivity contribution in [3.8, 4) is 0 Å². The van der Waals surface area contributed by atoms with Crippen LogP contribution in [-0.4, -0.2) is 17.0 Å². The number of halogens is 1. The highest BCUT2D eigenvalue weighted by Gasteiger charge is 2.54. The van der Waals surface area contributed by atoms with Gasteiger partial charge in [0.05, 0.1) is 16.7 Å². The van der Waals surface area contributed by atoms with Crippen molar-refractivity contribution in [1.82, 2.24) is 0 Å². The third kappa shape index (κ3) is 2.53. The fourth-order valence-corrected chi connectivity index (χ4v) is 5.62. The van der Waals surface area contributed by atoms with Crippen LogP contribution in [0.3, 0.4) is 0 Å². The van der Waals surface area contributed by atoms with E-state index < -0.39 is 5.97 Å². The SMILES string of the molecule is O=C(O)c1cc(Cl)ccc1NC(=O)C12CC3CC(CC(C3)C1)C2. The molecule has 0 spiro atoms. The first-order valence-corrected chi connectivity index (χ1v) is 8.67. The van der Waals surface area contributed by atoms with Gasteiger partial charge in [-0.3, -0.25) is 4.79 Å². The van der Waals surface area contributed by atoms with Crippen molar-refractivity contribution >= 4 is 29.2 Å². The highest BCUT2D eigenvalue weighted by Crippen LogP contribution is 2.60. The predicted molar refractivity (Wildman–Crippen MR) is 87.6 cm³/mol. The number of aromatic carboxylic acids is 1. The molecular weight excluding hydrogens is 314 g/mol. The maximum absolute atomic E-state index is 13.0. The Morgan fingerprint density at radius 3 is 2.17 bits per heavy atom. The summed E-state index contributed by atoms with van der Waals surface area (Å²) in [5.41, 5.74) is 0.114. The summed E-state index contributed by atoms with van der Waals surface area (Å²) in [4.78, 5) is 24.4. The minimum Gasteiger partial charge on any atom is -0.478 e. The Labute approximate surface area is 140 Å². The van der Waals surface area contributed by atoms with Gasteiger partial charge in [0, 0.05) is 5.02 Å². The van der Waals surface area contributed by atoms with Gasteiger partial charge in [0.25, 0.3) is 0 Å². The molecule has 2 N–H and O–H groups in total. The van der Waals surface area contributed by atoms with Crippen LogP contribution in [-0.2, 0) is 4.79 Å². The van der Waals surface area contributed by atoms with Crippen molar-refractivity contribution in [1.29, 1.82) is 0 Å². The number of carboxylic acids is 1. The number of nitrogens with one attached hydrogen (secondary N) is 1. The lowest BCUT2D eigenvalue weighted by Gasteiger charge is -2.55. The largest absolute Gasteiger partial charge is 0.478 e. The van der Waals surface area contributed by atoms with Crippen LogP contribution in [0.2, 0.25) is 5.02 Å². The molecule has 0 saturated heterocycles. The number of rotatable bonds is 3. The van der Waals surface area contributed by atoms with Crippen molar-refractivity contribution in [2.45, 2.75) is 38.5 Å². The van der Waals surface area contributed by atoms with Gasteiger partial charge in [0.1, 0.15) is 0 Å². The van der Waals surface area contributed by atoms with Gasteiger partial charge in [-0.05, 0) is 74.5 Å². The Kier molecular flexibility index (Phi) is 3.41. The number of benzene rings is 1. The number of carbonyl (C=O) groups is 2. The zero-order chi connectivity index (χ0) is 16.2.